The third-order valence-electron chi connectivity index (χ3n) is 4.04. The molecule has 9 heteroatoms. The fourth-order valence-corrected chi connectivity index (χ4v) is 3.73. The number of H-pyrrole nitrogens is 1. The van der Waals surface area contributed by atoms with Gasteiger partial charge in [-0.2, -0.15) is 5.10 Å². The number of hydrogen-bond donors (Lipinski definition) is 2. The maximum atomic E-state index is 13.0. The van der Waals surface area contributed by atoms with Crippen molar-refractivity contribution in [2.45, 2.75) is 18.9 Å². The number of sulfonamides is 1. The largest absolute Gasteiger partial charge is 0.336 e. The first-order valence-electron chi connectivity index (χ1n) is 7.90. The van der Waals surface area contributed by atoms with Gasteiger partial charge in [-0.3, -0.25) is 9.89 Å². The van der Waals surface area contributed by atoms with Crippen LogP contribution in [-0.2, 0) is 10.0 Å². The number of benzene rings is 1. The molecular formula is C16H19FN4O3S. The molecular weight excluding hydrogens is 347 g/mol. The number of carbonyl (C=O) groups is 1. The van der Waals surface area contributed by atoms with E-state index in [1.807, 2.05) is 0 Å². The van der Waals surface area contributed by atoms with E-state index in [0.717, 1.165) is 12.7 Å². The highest BCUT2D eigenvalue weighted by atomic mass is 32.2. The predicted octanol–water partition coefficient (Wildman–Crippen LogP) is 1.37. The number of carbonyl (C=O) groups excluding carboxylic acids is 1. The lowest BCUT2D eigenvalue weighted by molar-refractivity contribution is 0.0697. The minimum absolute atomic E-state index is 0.235. The highest BCUT2D eigenvalue weighted by Crippen LogP contribution is 2.20. The standard InChI is InChI=1S/C16H19FN4O3S/c1-25(23,24)20-13-3-2-8-21(10-13)16(22)15-9-14(18-19-15)11-4-6-12(17)7-5-11/h4-7,9,13,20H,2-3,8,10H2,1H3,(H,18,19)/t13-/m0/s1. The quantitative estimate of drug-likeness (QED) is 0.854. The SMILES string of the molecule is CS(=O)(=O)N[C@H]1CCCN(C(=O)c2cc(-c3ccc(F)cc3)n[nH]2)C1. The number of halogens is 1. The Hall–Kier alpha value is -2.26. The predicted molar refractivity (Wildman–Crippen MR) is 90.9 cm³/mol. The van der Waals surface area contributed by atoms with E-state index in [1.54, 1.807) is 23.1 Å². The van der Waals surface area contributed by atoms with E-state index in [1.165, 1.54) is 12.1 Å². The summed E-state index contributed by atoms with van der Waals surface area (Å²) in [5.74, 6) is -0.575. The van der Waals surface area contributed by atoms with Crippen LogP contribution in [0.1, 0.15) is 23.3 Å². The Balaban J connectivity index is 1.71. The number of nitrogens with zero attached hydrogens (tertiary/aromatic N) is 2. The van der Waals surface area contributed by atoms with Crippen LogP contribution in [-0.4, -0.2) is 54.8 Å². The summed E-state index contributed by atoms with van der Waals surface area (Å²) in [5, 5.41) is 6.81. The van der Waals surface area contributed by atoms with Gasteiger partial charge in [0.2, 0.25) is 10.0 Å². The number of aromatic amines is 1. The van der Waals surface area contributed by atoms with Crippen LogP contribution in [0, 0.1) is 5.82 Å². The molecule has 1 atom stereocenters. The highest BCUT2D eigenvalue weighted by molar-refractivity contribution is 7.88. The van der Waals surface area contributed by atoms with Gasteiger partial charge in [-0.15, -0.1) is 0 Å². The lowest BCUT2D eigenvalue weighted by Gasteiger charge is -2.32. The molecule has 0 radical (unpaired) electrons. The molecule has 7 nitrogen and oxygen atoms in total. The Morgan fingerprint density at radius 3 is 2.76 bits per heavy atom. The first kappa shape index (κ1) is 17.6. The summed E-state index contributed by atoms with van der Waals surface area (Å²) in [6, 6.07) is 7.17. The lowest BCUT2D eigenvalue weighted by atomic mass is 10.1. The Morgan fingerprint density at radius 1 is 1.36 bits per heavy atom. The Labute approximate surface area is 145 Å². The van der Waals surface area contributed by atoms with Crippen molar-refractivity contribution in [1.82, 2.24) is 19.8 Å². The summed E-state index contributed by atoms with van der Waals surface area (Å²) in [4.78, 5) is 14.2. The van der Waals surface area contributed by atoms with Gasteiger partial charge >= 0.3 is 0 Å². The van der Waals surface area contributed by atoms with Crippen LogP contribution < -0.4 is 4.72 Å². The molecule has 1 amide bonds. The molecule has 1 aliphatic heterocycles. The van der Waals surface area contributed by atoms with Gasteiger partial charge in [0.25, 0.3) is 5.91 Å². The van der Waals surface area contributed by atoms with E-state index in [0.29, 0.717) is 36.5 Å². The van der Waals surface area contributed by atoms with E-state index in [9.17, 15) is 17.6 Å². The lowest BCUT2D eigenvalue weighted by Crippen LogP contribution is -2.49. The number of likely N-dealkylation sites (tertiary alicyclic amines) is 1. The van der Waals surface area contributed by atoms with Crippen LogP contribution in [0.15, 0.2) is 30.3 Å². The number of piperidine rings is 1. The van der Waals surface area contributed by atoms with E-state index in [-0.39, 0.29) is 17.8 Å². The van der Waals surface area contributed by atoms with Gasteiger partial charge in [-0.25, -0.2) is 17.5 Å². The first-order chi connectivity index (χ1) is 11.8. The van der Waals surface area contributed by atoms with E-state index < -0.39 is 10.0 Å². The maximum Gasteiger partial charge on any atom is 0.271 e. The summed E-state index contributed by atoms with van der Waals surface area (Å²) >= 11 is 0. The topological polar surface area (TPSA) is 95.2 Å². The zero-order valence-corrected chi connectivity index (χ0v) is 14.5. The van der Waals surface area contributed by atoms with Crippen molar-refractivity contribution in [3.8, 4) is 11.3 Å². The van der Waals surface area contributed by atoms with Crippen molar-refractivity contribution in [2.75, 3.05) is 19.3 Å². The summed E-state index contributed by atoms with van der Waals surface area (Å²) in [7, 11) is -3.31. The van der Waals surface area contributed by atoms with Crippen molar-refractivity contribution in [2.24, 2.45) is 0 Å². The molecule has 0 unspecified atom stereocenters. The Morgan fingerprint density at radius 2 is 2.08 bits per heavy atom. The van der Waals surface area contributed by atoms with E-state index in [2.05, 4.69) is 14.9 Å². The smallest absolute Gasteiger partial charge is 0.271 e. The van der Waals surface area contributed by atoms with Crippen LogP contribution in [0.25, 0.3) is 11.3 Å². The second-order valence-corrected chi connectivity index (χ2v) is 7.93. The molecule has 0 aliphatic carbocycles. The summed E-state index contributed by atoms with van der Waals surface area (Å²) in [6.45, 7) is 0.877. The monoisotopic (exact) mass is 366 g/mol. The van der Waals surface area contributed by atoms with Crippen LogP contribution in [0.5, 0.6) is 0 Å². The van der Waals surface area contributed by atoms with Crippen molar-refractivity contribution in [3.05, 3.63) is 41.8 Å². The number of aromatic nitrogens is 2. The molecule has 134 valence electrons. The molecule has 1 fully saturated rings. The third kappa shape index (κ3) is 4.43. The fraction of sp³-hybridized carbons (Fsp3) is 0.375. The van der Waals surface area contributed by atoms with Crippen LogP contribution >= 0.6 is 0 Å². The van der Waals surface area contributed by atoms with Crippen LogP contribution in [0.4, 0.5) is 4.39 Å². The van der Waals surface area contributed by atoms with Gasteiger partial charge in [0.05, 0.1) is 11.9 Å². The van der Waals surface area contributed by atoms with Crippen molar-refractivity contribution in [1.29, 1.82) is 0 Å². The van der Waals surface area contributed by atoms with E-state index in [4.69, 9.17) is 0 Å². The van der Waals surface area contributed by atoms with Crippen molar-refractivity contribution in [3.63, 3.8) is 0 Å². The van der Waals surface area contributed by atoms with Gasteiger partial charge in [0.15, 0.2) is 0 Å². The van der Waals surface area contributed by atoms with Gasteiger partial charge in [-0.1, -0.05) is 0 Å². The minimum Gasteiger partial charge on any atom is -0.336 e. The molecule has 1 saturated heterocycles. The van der Waals surface area contributed by atoms with Gasteiger partial charge < -0.3 is 4.90 Å². The molecule has 2 heterocycles. The number of amides is 1. The normalized spacial score (nSPS) is 18.3. The highest BCUT2D eigenvalue weighted by Gasteiger charge is 2.27. The summed E-state index contributed by atoms with van der Waals surface area (Å²) in [6.07, 6.45) is 2.52. The van der Waals surface area contributed by atoms with Gasteiger partial charge in [-0.05, 0) is 43.2 Å². The number of rotatable bonds is 4. The molecule has 2 N–H and O–H groups in total. The first-order valence-corrected chi connectivity index (χ1v) is 9.79. The number of hydrogen-bond acceptors (Lipinski definition) is 4. The Kier molecular flexibility index (Phi) is 4.87. The van der Waals surface area contributed by atoms with Crippen molar-refractivity contribution < 1.29 is 17.6 Å². The maximum absolute atomic E-state index is 13.0. The van der Waals surface area contributed by atoms with Gasteiger partial charge in [0, 0.05) is 24.7 Å². The Bertz CT molecular complexity index is 864. The molecule has 25 heavy (non-hydrogen) atoms. The molecule has 0 saturated carbocycles. The van der Waals surface area contributed by atoms with Crippen LogP contribution in [0.2, 0.25) is 0 Å². The minimum atomic E-state index is -3.31. The molecule has 1 aromatic heterocycles. The summed E-state index contributed by atoms with van der Waals surface area (Å²) in [5.41, 5.74) is 1.57. The molecule has 0 spiro atoms. The third-order valence-corrected chi connectivity index (χ3v) is 4.80. The van der Waals surface area contributed by atoms with Crippen LogP contribution in [0.3, 0.4) is 0 Å². The fourth-order valence-electron chi connectivity index (χ4n) is 2.93. The van der Waals surface area contributed by atoms with E-state index >= 15 is 0 Å². The second-order valence-electron chi connectivity index (χ2n) is 6.15. The average molecular weight is 366 g/mol. The zero-order valence-electron chi connectivity index (χ0n) is 13.7. The second kappa shape index (κ2) is 6.93. The molecule has 0 bridgehead atoms. The summed E-state index contributed by atoms with van der Waals surface area (Å²) < 4.78 is 38.3. The van der Waals surface area contributed by atoms with Crippen molar-refractivity contribution >= 4 is 15.9 Å². The molecule has 1 aromatic carbocycles. The molecule has 2 aromatic rings. The van der Waals surface area contributed by atoms with Gasteiger partial charge in [0.1, 0.15) is 11.5 Å². The molecule has 1 aliphatic rings. The number of nitrogens with one attached hydrogen (secondary N) is 2. The zero-order chi connectivity index (χ0) is 18.0. The average Bonchev–Trinajstić information content (AvgIpc) is 3.03. The molecule has 3 rings (SSSR count).